The summed E-state index contributed by atoms with van der Waals surface area (Å²) in [5.41, 5.74) is 8.53. The number of rotatable bonds is 7. The number of piperidine rings is 1. The largest absolute Gasteiger partial charge is 0.383 e. The first-order valence-electron chi connectivity index (χ1n) is 12.8. The lowest BCUT2D eigenvalue weighted by atomic mass is 9.51. The summed E-state index contributed by atoms with van der Waals surface area (Å²) in [6.07, 6.45) is -0.549. The number of carbonyl (C=O) groups excluding carboxylic acids is 5. The molecule has 0 radical (unpaired) electrons. The van der Waals surface area contributed by atoms with Crippen molar-refractivity contribution in [1.82, 2.24) is 4.90 Å². The Bertz CT molecular complexity index is 1590. The topological polar surface area (TPSA) is 202 Å². The smallest absolute Gasteiger partial charge is 0.325 e. The van der Waals surface area contributed by atoms with Crippen LogP contribution in [-0.2, 0) is 24.8 Å². The molecule has 2 atom stereocenters. The molecule has 8 N–H and O–H groups in total. The number of hydrogen-bond donors (Lipinski definition) is 5. The molecule has 3 aromatic rings. The molecular formula is C29H28Cl2N6O6. The number of halogens is 2. The van der Waals surface area contributed by atoms with Crippen LogP contribution in [0.5, 0.6) is 0 Å². The Morgan fingerprint density at radius 1 is 0.837 bits per heavy atom. The third-order valence-corrected chi connectivity index (χ3v) is 8.52. The van der Waals surface area contributed by atoms with Crippen molar-refractivity contribution in [3.63, 3.8) is 0 Å². The quantitative estimate of drug-likeness (QED) is 0.248. The van der Waals surface area contributed by atoms with Gasteiger partial charge in [-0.2, -0.15) is 0 Å². The maximum Gasteiger partial charge on any atom is 0.325 e. The van der Waals surface area contributed by atoms with Crippen molar-refractivity contribution >= 4 is 64.2 Å². The molecule has 224 valence electrons. The second-order valence-electron chi connectivity index (χ2n) is 9.94. The molecule has 1 aliphatic heterocycles. The SMILES string of the molecule is CN(C(=O)N1CCC(O)(c2ccccc2)C(C(N)=O)(C(N)=O)C1(C(N)=O)C(=O)Nc1ccc(Cl)c(Cl)c1)c1ccccc1. The van der Waals surface area contributed by atoms with E-state index in [9.17, 15) is 29.1 Å². The van der Waals surface area contributed by atoms with Crippen molar-refractivity contribution in [2.24, 2.45) is 22.6 Å². The summed E-state index contributed by atoms with van der Waals surface area (Å²) in [4.78, 5) is 71.6. The Balaban J connectivity index is 2.08. The van der Waals surface area contributed by atoms with Crippen LogP contribution in [0.2, 0.25) is 10.0 Å². The minimum absolute atomic E-state index is 0.00448. The Labute approximate surface area is 256 Å². The lowest BCUT2D eigenvalue weighted by Gasteiger charge is -2.59. The summed E-state index contributed by atoms with van der Waals surface area (Å²) in [7, 11) is 1.34. The van der Waals surface area contributed by atoms with E-state index in [0.29, 0.717) is 10.6 Å². The highest BCUT2D eigenvalue weighted by molar-refractivity contribution is 6.42. The number of anilines is 2. The standard InChI is InChI=1S/C29H28Cl2N6O6/c1-36(19-10-6-3-7-11-19)26(42)37-15-14-27(43,17-8-4-2-5-9-17)28(22(32)38,23(33)39)29(37,24(34)40)25(41)35-18-12-13-20(30)21(31)16-18/h2-13,16,43H,14-15H2,1H3,(H2,32,38)(H2,33,39)(H2,34,40)(H,35,41). The fraction of sp³-hybridized carbons (Fsp3) is 0.207. The summed E-state index contributed by atoms with van der Waals surface area (Å²) in [5.74, 6) is -6.46. The van der Waals surface area contributed by atoms with E-state index in [1.807, 2.05) is 0 Å². The number of nitrogens with two attached hydrogens (primary N) is 3. The van der Waals surface area contributed by atoms with Gasteiger partial charge in [-0.1, -0.05) is 71.7 Å². The molecule has 6 amide bonds. The van der Waals surface area contributed by atoms with E-state index in [1.165, 1.54) is 49.5 Å². The zero-order valence-electron chi connectivity index (χ0n) is 22.8. The highest BCUT2D eigenvalue weighted by Gasteiger charge is 2.81. The Morgan fingerprint density at radius 2 is 1.40 bits per heavy atom. The van der Waals surface area contributed by atoms with Gasteiger partial charge in [-0.05, 0) is 42.3 Å². The van der Waals surface area contributed by atoms with Gasteiger partial charge >= 0.3 is 6.03 Å². The van der Waals surface area contributed by atoms with E-state index >= 15 is 0 Å². The normalized spacial score (nSPS) is 21.0. The molecule has 43 heavy (non-hydrogen) atoms. The summed E-state index contributed by atoms with van der Waals surface area (Å²) >= 11 is 12.1. The minimum Gasteiger partial charge on any atom is -0.383 e. The molecule has 4 rings (SSSR count). The molecule has 2 unspecified atom stereocenters. The van der Waals surface area contributed by atoms with Crippen molar-refractivity contribution in [3.05, 3.63) is 94.5 Å². The number of amides is 6. The molecule has 14 heteroatoms. The summed E-state index contributed by atoms with van der Waals surface area (Å²) in [6.45, 7) is -0.554. The summed E-state index contributed by atoms with van der Waals surface area (Å²) < 4.78 is 0. The first kappa shape index (κ1) is 31.3. The van der Waals surface area contributed by atoms with Crippen LogP contribution >= 0.6 is 23.2 Å². The molecule has 1 fully saturated rings. The van der Waals surface area contributed by atoms with Gasteiger partial charge in [0.05, 0.1) is 10.0 Å². The van der Waals surface area contributed by atoms with Crippen LogP contribution in [-0.4, -0.2) is 58.8 Å². The lowest BCUT2D eigenvalue weighted by Crippen LogP contribution is -2.86. The van der Waals surface area contributed by atoms with Gasteiger partial charge in [-0.15, -0.1) is 0 Å². The highest BCUT2D eigenvalue weighted by Crippen LogP contribution is 2.56. The zero-order chi connectivity index (χ0) is 31.7. The lowest BCUT2D eigenvalue weighted by molar-refractivity contribution is -0.205. The molecular weight excluding hydrogens is 599 g/mol. The van der Waals surface area contributed by atoms with Crippen molar-refractivity contribution in [3.8, 4) is 0 Å². The van der Waals surface area contributed by atoms with E-state index in [2.05, 4.69) is 5.32 Å². The van der Waals surface area contributed by atoms with Gasteiger partial charge in [0.2, 0.25) is 22.8 Å². The molecule has 0 bridgehead atoms. The second-order valence-corrected chi connectivity index (χ2v) is 10.8. The number of nitrogens with zero attached hydrogens (tertiary/aromatic N) is 2. The van der Waals surface area contributed by atoms with Crippen LogP contribution in [0.3, 0.4) is 0 Å². The van der Waals surface area contributed by atoms with Gasteiger partial charge in [0.25, 0.3) is 11.8 Å². The number of aliphatic hydroxyl groups is 1. The van der Waals surface area contributed by atoms with Crippen molar-refractivity contribution < 1.29 is 29.1 Å². The highest BCUT2D eigenvalue weighted by atomic mass is 35.5. The summed E-state index contributed by atoms with van der Waals surface area (Å²) in [6, 6.07) is 18.2. The van der Waals surface area contributed by atoms with E-state index in [1.54, 1.807) is 36.4 Å². The average molecular weight is 627 g/mol. The number of urea groups is 1. The van der Waals surface area contributed by atoms with Gasteiger partial charge in [-0.3, -0.25) is 29.0 Å². The van der Waals surface area contributed by atoms with Gasteiger partial charge in [0, 0.05) is 25.0 Å². The van der Waals surface area contributed by atoms with Gasteiger partial charge in [-0.25, -0.2) is 4.79 Å². The Kier molecular flexibility index (Phi) is 8.41. The maximum atomic E-state index is 14.5. The Hall–Kier alpha value is -4.65. The number of para-hydroxylation sites is 1. The molecule has 0 aliphatic carbocycles. The van der Waals surface area contributed by atoms with Crippen LogP contribution in [0, 0.1) is 5.41 Å². The molecule has 3 aromatic carbocycles. The monoisotopic (exact) mass is 626 g/mol. The van der Waals surface area contributed by atoms with Crippen molar-refractivity contribution in [2.45, 2.75) is 17.6 Å². The molecule has 0 saturated carbocycles. The number of primary amides is 3. The molecule has 1 aliphatic rings. The molecule has 0 spiro atoms. The summed E-state index contributed by atoms with van der Waals surface area (Å²) in [5, 5.41) is 14.9. The third kappa shape index (κ3) is 4.63. The number of carbonyl (C=O) groups is 5. The maximum absolute atomic E-state index is 14.5. The van der Waals surface area contributed by atoms with E-state index in [-0.39, 0.29) is 21.3 Å². The molecule has 1 heterocycles. The van der Waals surface area contributed by atoms with Crippen LogP contribution in [0.15, 0.2) is 78.9 Å². The van der Waals surface area contributed by atoms with Crippen molar-refractivity contribution in [1.29, 1.82) is 0 Å². The number of benzene rings is 3. The van der Waals surface area contributed by atoms with E-state index in [4.69, 9.17) is 40.4 Å². The fourth-order valence-corrected chi connectivity index (χ4v) is 6.09. The van der Waals surface area contributed by atoms with E-state index in [0.717, 1.165) is 4.90 Å². The van der Waals surface area contributed by atoms with Gasteiger partial charge in [0.1, 0.15) is 5.60 Å². The van der Waals surface area contributed by atoms with Gasteiger partial charge < -0.3 is 27.6 Å². The van der Waals surface area contributed by atoms with Gasteiger partial charge in [0.15, 0.2) is 0 Å². The first-order valence-corrected chi connectivity index (χ1v) is 13.6. The number of hydrogen-bond acceptors (Lipinski definition) is 6. The predicted molar refractivity (Wildman–Crippen MR) is 160 cm³/mol. The van der Waals surface area contributed by atoms with Crippen LogP contribution in [0.4, 0.5) is 16.2 Å². The fourth-order valence-electron chi connectivity index (χ4n) is 5.79. The zero-order valence-corrected chi connectivity index (χ0v) is 24.3. The van der Waals surface area contributed by atoms with E-state index < -0.39 is 59.2 Å². The predicted octanol–water partition coefficient (Wildman–Crippen LogP) is 1.96. The Morgan fingerprint density at radius 3 is 1.91 bits per heavy atom. The molecule has 1 saturated heterocycles. The van der Waals surface area contributed by atoms with Crippen LogP contribution < -0.4 is 27.4 Å². The average Bonchev–Trinajstić information content (AvgIpc) is 2.98. The molecule has 12 nitrogen and oxygen atoms in total. The van der Waals surface area contributed by atoms with Crippen LogP contribution in [0.1, 0.15) is 12.0 Å². The number of likely N-dealkylation sites (tertiary alicyclic amines) is 1. The number of nitrogens with one attached hydrogen (secondary N) is 1. The second kappa shape index (κ2) is 11.6. The van der Waals surface area contributed by atoms with Crippen molar-refractivity contribution in [2.75, 3.05) is 23.8 Å². The molecule has 0 aromatic heterocycles. The first-order chi connectivity index (χ1) is 20.3. The third-order valence-electron chi connectivity index (χ3n) is 7.78. The van der Waals surface area contributed by atoms with Crippen LogP contribution in [0.25, 0.3) is 0 Å². The minimum atomic E-state index is -3.33.